The van der Waals surface area contributed by atoms with Gasteiger partial charge in [-0.05, 0) is 49.9 Å². The highest BCUT2D eigenvalue weighted by molar-refractivity contribution is 7.92. The van der Waals surface area contributed by atoms with Gasteiger partial charge in [0.25, 0.3) is 0 Å². The van der Waals surface area contributed by atoms with Crippen molar-refractivity contribution in [2.45, 2.75) is 51.1 Å². The number of sulfonamides is 1. The normalized spacial score (nSPS) is 15.0. The van der Waals surface area contributed by atoms with Gasteiger partial charge in [0.05, 0.1) is 11.9 Å². The summed E-state index contributed by atoms with van der Waals surface area (Å²) < 4.78 is 39.6. The van der Waals surface area contributed by atoms with Crippen molar-refractivity contribution in [3.63, 3.8) is 0 Å². The second kappa shape index (κ2) is 11.5. The molecule has 2 aromatic carbocycles. The van der Waals surface area contributed by atoms with E-state index in [1.165, 1.54) is 23.1 Å². The number of hydrogen-bond acceptors (Lipinski definition) is 4. The number of benzene rings is 2. The second-order valence-electron chi connectivity index (χ2n) is 8.74. The number of rotatable bonds is 10. The Hall–Kier alpha value is -2.94. The molecule has 34 heavy (non-hydrogen) atoms. The van der Waals surface area contributed by atoms with Crippen LogP contribution in [0.1, 0.15) is 38.2 Å². The molecule has 1 saturated carbocycles. The van der Waals surface area contributed by atoms with Crippen LogP contribution < -0.4 is 9.62 Å². The van der Waals surface area contributed by atoms with Crippen molar-refractivity contribution in [3.05, 3.63) is 66.0 Å². The lowest BCUT2D eigenvalue weighted by molar-refractivity contribution is -0.139. The molecule has 3 rings (SSSR count). The predicted octanol–water partition coefficient (Wildman–Crippen LogP) is 3.11. The molecule has 2 aromatic rings. The summed E-state index contributed by atoms with van der Waals surface area (Å²) >= 11 is 0. The third-order valence-electron chi connectivity index (χ3n) is 6.13. The SMILES string of the molecule is C[C@@H](C(=O)NC1CCCC1)N(CCc1ccccc1)C(=O)CN(c1cccc(F)c1)S(C)(=O)=O. The molecule has 0 unspecified atom stereocenters. The van der Waals surface area contributed by atoms with Crippen molar-refractivity contribution in [1.29, 1.82) is 0 Å². The quantitative estimate of drug-likeness (QED) is 0.556. The Morgan fingerprint density at radius 2 is 1.76 bits per heavy atom. The summed E-state index contributed by atoms with van der Waals surface area (Å²) in [4.78, 5) is 27.8. The van der Waals surface area contributed by atoms with E-state index in [1.807, 2.05) is 30.3 Å². The van der Waals surface area contributed by atoms with Crippen LogP contribution in [0.4, 0.5) is 10.1 Å². The summed E-state index contributed by atoms with van der Waals surface area (Å²) in [6, 6.07) is 14.0. The molecule has 0 spiro atoms. The van der Waals surface area contributed by atoms with Gasteiger partial charge in [-0.25, -0.2) is 12.8 Å². The number of hydrogen-bond donors (Lipinski definition) is 1. The van der Waals surface area contributed by atoms with Gasteiger partial charge in [-0.15, -0.1) is 0 Å². The number of amides is 2. The Kier molecular flexibility index (Phi) is 8.66. The van der Waals surface area contributed by atoms with Crippen LogP contribution in [0.3, 0.4) is 0 Å². The van der Waals surface area contributed by atoms with Gasteiger partial charge in [-0.1, -0.05) is 49.2 Å². The minimum Gasteiger partial charge on any atom is -0.352 e. The number of nitrogens with one attached hydrogen (secondary N) is 1. The molecule has 1 atom stereocenters. The van der Waals surface area contributed by atoms with E-state index < -0.39 is 34.3 Å². The van der Waals surface area contributed by atoms with Crippen LogP contribution in [0.15, 0.2) is 54.6 Å². The molecule has 2 amide bonds. The lowest BCUT2D eigenvalue weighted by Gasteiger charge is -2.32. The first-order chi connectivity index (χ1) is 16.1. The summed E-state index contributed by atoms with van der Waals surface area (Å²) in [5.41, 5.74) is 1.05. The number of carbonyl (C=O) groups is 2. The van der Waals surface area contributed by atoms with Crippen LogP contribution in [0.2, 0.25) is 0 Å². The van der Waals surface area contributed by atoms with Crippen LogP contribution in [-0.4, -0.2) is 56.6 Å². The van der Waals surface area contributed by atoms with E-state index in [9.17, 15) is 22.4 Å². The third kappa shape index (κ3) is 7.03. The molecule has 7 nitrogen and oxygen atoms in total. The van der Waals surface area contributed by atoms with Crippen molar-refractivity contribution >= 4 is 27.5 Å². The van der Waals surface area contributed by atoms with Gasteiger partial charge < -0.3 is 10.2 Å². The first-order valence-corrected chi connectivity index (χ1v) is 13.4. The van der Waals surface area contributed by atoms with E-state index in [0.29, 0.717) is 6.42 Å². The summed E-state index contributed by atoms with van der Waals surface area (Å²) in [6.45, 7) is 1.36. The van der Waals surface area contributed by atoms with Crippen LogP contribution in [-0.2, 0) is 26.0 Å². The second-order valence-corrected chi connectivity index (χ2v) is 10.6. The zero-order valence-corrected chi connectivity index (χ0v) is 20.4. The van der Waals surface area contributed by atoms with Gasteiger partial charge in [0.1, 0.15) is 18.4 Å². The van der Waals surface area contributed by atoms with Gasteiger partial charge in [0, 0.05) is 12.6 Å². The van der Waals surface area contributed by atoms with E-state index in [0.717, 1.165) is 47.9 Å². The Bertz CT molecular complexity index is 1090. The van der Waals surface area contributed by atoms with Crippen molar-refractivity contribution in [3.8, 4) is 0 Å². The number of nitrogens with zero attached hydrogens (tertiary/aromatic N) is 2. The van der Waals surface area contributed by atoms with Crippen LogP contribution in [0.25, 0.3) is 0 Å². The molecule has 0 saturated heterocycles. The fourth-order valence-corrected chi connectivity index (χ4v) is 5.05. The van der Waals surface area contributed by atoms with Crippen LogP contribution >= 0.6 is 0 Å². The van der Waals surface area contributed by atoms with Gasteiger partial charge in [0.2, 0.25) is 21.8 Å². The number of carbonyl (C=O) groups excluding carboxylic acids is 2. The fourth-order valence-electron chi connectivity index (χ4n) is 4.21. The average Bonchev–Trinajstić information content (AvgIpc) is 3.30. The third-order valence-corrected chi connectivity index (χ3v) is 7.27. The molecular weight excluding hydrogens is 457 g/mol. The first kappa shape index (κ1) is 25.7. The molecule has 1 N–H and O–H groups in total. The molecule has 0 aromatic heterocycles. The molecule has 184 valence electrons. The Morgan fingerprint density at radius 1 is 1.09 bits per heavy atom. The standard InChI is InChI=1S/C25H32FN3O4S/c1-19(25(31)27-22-12-6-7-13-22)28(16-15-20-9-4-3-5-10-20)24(30)18-29(34(2,32)33)23-14-8-11-21(26)17-23/h3-5,8-11,14,17,19,22H,6-7,12-13,15-16,18H2,1-2H3,(H,27,31)/t19-/m0/s1. The number of halogens is 1. The average molecular weight is 490 g/mol. The fraction of sp³-hybridized carbons (Fsp3) is 0.440. The zero-order valence-electron chi connectivity index (χ0n) is 19.6. The summed E-state index contributed by atoms with van der Waals surface area (Å²) in [6.07, 6.45) is 5.43. The van der Waals surface area contributed by atoms with Crippen molar-refractivity contribution in [2.24, 2.45) is 0 Å². The summed E-state index contributed by atoms with van der Waals surface area (Å²) in [5, 5.41) is 3.02. The Morgan fingerprint density at radius 3 is 2.38 bits per heavy atom. The maximum absolute atomic E-state index is 13.8. The molecule has 1 aliphatic carbocycles. The minimum atomic E-state index is -3.88. The molecule has 0 radical (unpaired) electrons. The van der Waals surface area contributed by atoms with Crippen molar-refractivity contribution in [1.82, 2.24) is 10.2 Å². The smallest absolute Gasteiger partial charge is 0.244 e. The summed E-state index contributed by atoms with van der Waals surface area (Å²) in [7, 11) is -3.88. The van der Waals surface area contributed by atoms with E-state index in [-0.39, 0.29) is 24.2 Å². The van der Waals surface area contributed by atoms with Crippen LogP contribution in [0, 0.1) is 5.82 Å². The van der Waals surface area contributed by atoms with Gasteiger partial charge >= 0.3 is 0 Å². The molecule has 0 bridgehead atoms. The predicted molar refractivity (Wildman–Crippen MR) is 130 cm³/mol. The lowest BCUT2D eigenvalue weighted by atomic mass is 10.1. The molecule has 1 fully saturated rings. The molecule has 9 heteroatoms. The Labute approximate surface area is 201 Å². The Balaban J connectivity index is 1.81. The highest BCUT2D eigenvalue weighted by Crippen LogP contribution is 2.20. The monoisotopic (exact) mass is 489 g/mol. The van der Waals surface area contributed by atoms with Crippen molar-refractivity contribution in [2.75, 3.05) is 23.7 Å². The zero-order chi connectivity index (χ0) is 24.7. The van der Waals surface area contributed by atoms with E-state index >= 15 is 0 Å². The number of anilines is 1. The van der Waals surface area contributed by atoms with Gasteiger partial charge in [-0.2, -0.15) is 0 Å². The maximum Gasteiger partial charge on any atom is 0.244 e. The highest BCUT2D eigenvalue weighted by atomic mass is 32.2. The highest BCUT2D eigenvalue weighted by Gasteiger charge is 2.31. The largest absolute Gasteiger partial charge is 0.352 e. The molecule has 1 aliphatic rings. The summed E-state index contributed by atoms with van der Waals surface area (Å²) in [5.74, 6) is -1.39. The van der Waals surface area contributed by atoms with Crippen LogP contribution in [0.5, 0.6) is 0 Å². The van der Waals surface area contributed by atoms with Crippen molar-refractivity contribution < 1.29 is 22.4 Å². The van der Waals surface area contributed by atoms with Gasteiger partial charge in [-0.3, -0.25) is 13.9 Å². The topological polar surface area (TPSA) is 86.8 Å². The maximum atomic E-state index is 13.8. The molecular formula is C25H32FN3O4S. The lowest BCUT2D eigenvalue weighted by Crippen LogP contribution is -2.53. The molecule has 0 heterocycles. The van der Waals surface area contributed by atoms with E-state index in [4.69, 9.17) is 0 Å². The first-order valence-electron chi connectivity index (χ1n) is 11.5. The molecule has 0 aliphatic heterocycles. The van der Waals surface area contributed by atoms with E-state index in [2.05, 4.69) is 5.32 Å². The van der Waals surface area contributed by atoms with Gasteiger partial charge in [0.15, 0.2) is 0 Å². The minimum absolute atomic E-state index is 0.0573. The van der Waals surface area contributed by atoms with E-state index in [1.54, 1.807) is 6.92 Å².